The molecule has 18 heavy (non-hydrogen) atoms. The second kappa shape index (κ2) is 4.01. The first kappa shape index (κ1) is 12.4. The van der Waals surface area contributed by atoms with Gasteiger partial charge in [-0.05, 0) is 26.3 Å². The Hall–Kier alpha value is -2.04. The van der Waals surface area contributed by atoms with Crippen LogP contribution in [0, 0.1) is 20.8 Å². The molecule has 0 saturated carbocycles. The molecule has 0 spiro atoms. The number of carbonyl (C=O) groups is 1. The highest BCUT2D eigenvalue weighted by atomic mass is 16.5. The van der Waals surface area contributed by atoms with Crippen molar-refractivity contribution in [3.05, 3.63) is 32.7 Å². The van der Waals surface area contributed by atoms with Crippen molar-refractivity contribution in [1.82, 2.24) is 9.55 Å². The van der Waals surface area contributed by atoms with Crippen LogP contribution >= 0.6 is 0 Å². The van der Waals surface area contributed by atoms with Crippen molar-refractivity contribution in [2.24, 2.45) is 7.05 Å². The molecule has 5 nitrogen and oxygen atoms in total. The predicted octanol–water partition coefficient (Wildman–Crippen LogP) is 1.58. The molecule has 1 N–H and O–H groups in total. The van der Waals surface area contributed by atoms with Crippen molar-refractivity contribution in [3.8, 4) is 0 Å². The predicted molar refractivity (Wildman–Crippen MR) is 69.1 cm³/mol. The van der Waals surface area contributed by atoms with E-state index >= 15 is 0 Å². The molecule has 0 bridgehead atoms. The zero-order valence-electron chi connectivity index (χ0n) is 11.2. The van der Waals surface area contributed by atoms with E-state index in [1.165, 1.54) is 7.11 Å². The van der Waals surface area contributed by atoms with Crippen LogP contribution in [-0.2, 0) is 11.8 Å². The Balaban J connectivity index is 2.99. The van der Waals surface area contributed by atoms with Crippen LogP contribution in [0.2, 0.25) is 0 Å². The van der Waals surface area contributed by atoms with Crippen molar-refractivity contribution in [1.29, 1.82) is 0 Å². The van der Waals surface area contributed by atoms with Crippen LogP contribution in [0.1, 0.15) is 27.3 Å². The monoisotopic (exact) mass is 248 g/mol. The second-order valence-electron chi connectivity index (χ2n) is 4.44. The number of methoxy groups -OCH3 is 1. The number of H-pyrrole nitrogens is 1. The van der Waals surface area contributed by atoms with Gasteiger partial charge in [0.25, 0.3) is 0 Å². The zero-order chi connectivity index (χ0) is 13.6. The number of hydrogen-bond acceptors (Lipinski definition) is 3. The Kier molecular flexibility index (Phi) is 2.77. The van der Waals surface area contributed by atoms with Gasteiger partial charge in [0.15, 0.2) is 0 Å². The molecule has 2 heterocycles. The first-order chi connectivity index (χ1) is 8.40. The Labute approximate surface area is 104 Å². The van der Waals surface area contributed by atoms with E-state index in [1.54, 1.807) is 6.92 Å². The maximum absolute atomic E-state index is 12.4. The number of rotatable bonds is 1. The summed E-state index contributed by atoms with van der Waals surface area (Å²) < 4.78 is 6.57. The highest BCUT2D eigenvalue weighted by Crippen LogP contribution is 2.21. The van der Waals surface area contributed by atoms with Crippen LogP contribution in [0.15, 0.2) is 4.79 Å². The lowest BCUT2D eigenvalue weighted by atomic mass is 10.1. The van der Waals surface area contributed by atoms with Gasteiger partial charge < -0.3 is 14.3 Å². The summed E-state index contributed by atoms with van der Waals surface area (Å²) in [5, 5.41) is 0.556. The van der Waals surface area contributed by atoms with E-state index in [9.17, 15) is 9.59 Å². The lowest BCUT2D eigenvalue weighted by Gasteiger charge is -2.05. The topological polar surface area (TPSA) is 64.1 Å². The third-order valence-electron chi connectivity index (χ3n) is 3.52. The molecule has 0 atom stereocenters. The van der Waals surface area contributed by atoms with Crippen LogP contribution in [-0.4, -0.2) is 22.6 Å². The fourth-order valence-electron chi connectivity index (χ4n) is 2.25. The summed E-state index contributed by atoms with van der Waals surface area (Å²) in [6.07, 6.45) is 0. The van der Waals surface area contributed by atoms with Crippen molar-refractivity contribution >= 4 is 17.0 Å². The normalized spacial score (nSPS) is 10.9. The third-order valence-corrected chi connectivity index (χ3v) is 3.52. The number of pyridine rings is 1. The van der Waals surface area contributed by atoms with Crippen LogP contribution in [0.4, 0.5) is 0 Å². The number of hydrogen-bond donors (Lipinski definition) is 1. The minimum atomic E-state index is -0.600. The molecule has 5 heteroatoms. The average molecular weight is 248 g/mol. The molecule has 2 aromatic rings. The molecule has 0 unspecified atom stereocenters. The maximum Gasteiger partial charge on any atom is 0.343 e. The summed E-state index contributed by atoms with van der Waals surface area (Å²) in [5.74, 6) is -0.600. The van der Waals surface area contributed by atoms with E-state index in [0.717, 1.165) is 16.9 Å². The van der Waals surface area contributed by atoms with Crippen molar-refractivity contribution in [3.63, 3.8) is 0 Å². The van der Waals surface area contributed by atoms with E-state index in [0.29, 0.717) is 11.1 Å². The Morgan fingerprint density at radius 2 is 1.89 bits per heavy atom. The van der Waals surface area contributed by atoms with Crippen LogP contribution in [0.25, 0.3) is 11.0 Å². The highest BCUT2D eigenvalue weighted by molar-refractivity contribution is 5.95. The molecule has 0 radical (unpaired) electrons. The van der Waals surface area contributed by atoms with E-state index in [1.807, 2.05) is 25.5 Å². The summed E-state index contributed by atoms with van der Waals surface area (Å²) in [4.78, 5) is 27.2. The van der Waals surface area contributed by atoms with Gasteiger partial charge >= 0.3 is 5.97 Å². The van der Waals surface area contributed by atoms with Gasteiger partial charge in [0.05, 0.1) is 12.5 Å². The highest BCUT2D eigenvalue weighted by Gasteiger charge is 2.21. The first-order valence-electron chi connectivity index (χ1n) is 5.67. The molecular weight excluding hydrogens is 232 g/mol. The first-order valence-corrected chi connectivity index (χ1v) is 5.67. The van der Waals surface area contributed by atoms with Crippen molar-refractivity contribution in [2.75, 3.05) is 7.11 Å². The molecule has 0 amide bonds. The van der Waals surface area contributed by atoms with Crippen LogP contribution in [0.3, 0.4) is 0 Å². The number of aryl methyl sites for hydroxylation is 3. The molecule has 0 aliphatic heterocycles. The van der Waals surface area contributed by atoms with Gasteiger partial charge in [0, 0.05) is 18.4 Å². The number of fused-ring (bicyclic) bond motifs is 1. The maximum atomic E-state index is 12.4. The number of aromatic nitrogens is 2. The van der Waals surface area contributed by atoms with Crippen molar-refractivity contribution in [2.45, 2.75) is 20.8 Å². The molecule has 0 aromatic carbocycles. The fraction of sp³-hybridized carbons (Fsp3) is 0.385. The minimum Gasteiger partial charge on any atom is -0.465 e. The van der Waals surface area contributed by atoms with Gasteiger partial charge in [-0.1, -0.05) is 0 Å². The lowest BCUT2D eigenvalue weighted by Crippen LogP contribution is -2.20. The van der Waals surface area contributed by atoms with E-state index < -0.39 is 5.97 Å². The SMILES string of the molecule is COC(=O)c1c(C)[nH]c2c(c(C)c(C)n2C)c1=O. The summed E-state index contributed by atoms with van der Waals surface area (Å²) in [5.41, 5.74) is 2.96. The molecule has 96 valence electrons. The number of aromatic amines is 1. The Morgan fingerprint density at radius 1 is 1.28 bits per heavy atom. The molecule has 0 aliphatic rings. The standard InChI is InChI=1S/C13H16N2O3/c1-6-8(3)15(4)12-9(6)11(16)10(7(2)14-12)13(17)18-5/h1-5H3,(H,14,16). The number of ether oxygens (including phenoxy) is 1. The summed E-state index contributed by atoms with van der Waals surface area (Å²) in [7, 11) is 3.16. The van der Waals surface area contributed by atoms with Gasteiger partial charge in [-0.3, -0.25) is 4.79 Å². The van der Waals surface area contributed by atoms with E-state index in [4.69, 9.17) is 0 Å². The largest absolute Gasteiger partial charge is 0.465 e. The van der Waals surface area contributed by atoms with E-state index in [2.05, 4.69) is 9.72 Å². The van der Waals surface area contributed by atoms with Gasteiger partial charge in [0.2, 0.25) is 5.43 Å². The number of esters is 1. The quantitative estimate of drug-likeness (QED) is 0.779. The van der Waals surface area contributed by atoms with Gasteiger partial charge in [-0.15, -0.1) is 0 Å². The number of nitrogens with zero attached hydrogens (tertiary/aromatic N) is 1. The summed E-state index contributed by atoms with van der Waals surface area (Å²) in [6, 6.07) is 0. The Morgan fingerprint density at radius 3 is 2.44 bits per heavy atom. The number of nitrogens with one attached hydrogen (secondary N) is 1. The molecule has 2 aromatic heterocycles. The van der Waals surface area contributed by atoms with E-state index in [-0.39, 0.29) is 11.0 Å². The summed E-state index contributed by atoms with van der Waals surface area (Å²) in [6.45, 7) is 5.52. The molecule has 0 saturated heterocycles. The van der Waals surface area contributed by atoms with Crippen LogP contribution < -0.4 is 5.43 Å². The lowest BCUT2D eigenvalue weighted by molar-refractivity contribution is 0.0598. The van der Waals surface area contributed by atoms with Crippen molar-refractivity contribution < 1.29 is 9.53 Å². The number of carbonyl (C=O) groups excluding carboxylic acids is 1. The smallest absolute Gasteiger partial charge is 0.343 e. The fourth-order valence-corrected chi connectivity index (χ4v) is 2.25. The molecular formula is C13H16N2O3. The minimum absolute atomic E-state index is 0.0821. The zero-order valence-corrected chi connectivity index (χ0v) is 11.2. The molecule has 0 fully saturated rings. The molecule has 0 aliphatic carbocycles. The average Bonchev–Trinajstić information content (AvgIpc) is 2.54. The van der Waals surface area contributed by atoms with Gasteiger partial charge in [-0.25, -0.2) is 4.79 Å². The third kappa shape index (κ3) is 1.47. The Bertz CT molecular complexity index is 707. The van der Waals surface area contributed by atoms with Gasteiger partial charge in [-0.2, -0.15) is 0 Å². The summed E-state index contributed by atoms with van der Waals surface area (Å²) >= 11 is 0. The van der Waals surface area contributed by atoms with Crippen LogP contribution in [0.5, 0.6) is 0 Å². The molecule has 2 rings (SSSR count). The van der Waals surface area contributed by atoms with Gasteiger partial charge in [0.1, 0.15) is 11.2 Å². The second-order valence-corrected chi connectivity index (χ2v) is 4.44.